The van der Waals surface area contributed by atoms with Gasteiger partial charge in [0.25, 0.3) is 0 Å². The highest BCUT2D eigenvalue weighted by atomic mass is 32.2. The molecule has 0 unspecified atom stereocenters. The first-order valence-corrected chi connectivity index (χ1v) is 7.05. The lowest BCUT2D eigenvalue weighted by molar-refractivity contribution is 0.333. The molecule has 1 aromatic carbocycles. The molecule has 1 fully saturated rings. The third kappa shape index (κ3) is 3.79. The second kappa shape index (κ2) is 5.07. The summed E-state index contributed by atoms with van der Waals surface area (Å²) in [4.78, 5) is 0. The Bertz CT molecular complexity index is 363. The minimum Gasteiger partial charge on any atom is -0.261 e. The van der Waals surface area contributed by atoms with Crippen molar-refractivity contribution in [2.75, 3.05) is 0 Å². The SMILES string of the molecule is [B]c1ccc(C2CC(NSC(C)(C)C)C2)cc1. The van der Waals surface area contributed by atoms with E-state index in [1.165, 1.54) is 18.4 Å². The van der Waals surface area contributed by atoms with E-state index in [1.807, 2.05) is 24.1 Å². The Balaban J connectivity index is 1.77. The highest BCUT2D eigenvalue weighted by Gasteiger charge is 2.30. The second-order valence-electron chi connectivity index (χ2n) is 5.86. The molecule has 0 amide bonds. The van der Waals surface area contributed by atoms with Gasteiger partial charge in [-0.15, -0.1) is 0 Å². The van der Waals surface area contributed by atoms with Crippen LogP contribution in [0.1, 0.15) is 45.1 Å². The third-order valence-corrected chi connectivity index (χ3v) is 4.14. The molecule has 1 nitrogen and oxygen atoms in total. The lowest BCUT2D eigenvalue weighted by Crippen LogP contribution is -2.38. The van der Waals surface area contributed by atoms with Crippen LogP contribution in [-0.4, -0.2) is 18.6 Å². The van der Waals surface area contributed by atoms with Gasteiger partial charge in [0.1, 0.15) is 7.85 Å². The van der Waals surface area contributed by atoms with Crippen LogP contribution in [0.15, 0.2) is 24.3 Å². The fourth-order valence-corrected chi connectivity index (χ4v) is 2.73. The van der Waals surface area contributed by atoms with Crippen molar-refractivity contribution >= 4 is 25.3 Å². The topological polar surface area (TPSA) is 12.0 Å². The first kappa shape index (κ1) is 13.0. The molecule has 0 atom stereocenters. The largest absolute Gasteiger partial charge is 0.261 e. The zero-order chi connectivity index (χ0) is 12.5. The second-order valence-corrected chi connectivity index (χ2v) is 7.53. The maximum absolute atomic E-state index is 5.69. The summed E-state index contributed by atoms with van der Waals surface area (Å²) in [6.45, 7) is 6.71. The van der Waals surface area contributed by atoms with Crippen molar-refractivity contribution in [3.8, 4) is 0 Å². The van der Waals surface area contributed by atoms with Crippen LogP contribution in [0.4, 0.5) is 0 Å². The van der Waals surface area contributed by atoms with E-state index in [-0.39, 0.29) is 0 Å². The van der Waals surface area contributed by atoms with E-state index in [2.05, 4.69) is 37.6 Å². The number of nitrogens with one attached hydrogen (secondary N) is 1. The van der Waals surface area contributed by atoms with E-state index in [0.29, 0.717) is 16.7 Å². The van der Waals surface area contributed by atoms with Gasteiger partial charge in [0.2, 0.25) is 0 Å². The van der Waals surface area contributed by atoms with Crippen molar-refractivity contribution in [2.45, 2.75) is 50.3 Å². The van der Waals surface area contributed by atoms with Gasteiger partial charge >= 0.3 is 0 Å². The van der Waals surface area contributed by atoms with Crippen LogP contribution in [0.2, 0.25) is 0 Å². The highest BCUT2D eigenvalue weighted by Crippen LogP contribution is 2.38. The minimum absolute atomic E-state index is 0.298. The molecule has 90 valence electrons. The molecule has 0 aliphatic heterocycles. The average molecular weight is 245 g/mol. The van der Waals surface area contributed by atoms with Gasteiger partial charge in [-0.2, -0.15) is 0 Å². The molecule has 0 spiro atoms. The first-order chi connectivity index (χ1) is 7.94. The van der Waals surface area contributed by atoms with E-state index >= 15 is 0 Å². The zero-order valence-electron chi connectivity index (χ0n) is 10.9. The lowest BCUT2D eigenvalue weighted by atomic mass is 9.76. The van der Waals surface area contributed by atoms with E-state index in [9.17, 15) is 0 Å². The normalized spacial score (nSPS) is 24.4. The highest BCUT2D eigenvalue weighted by molar-refractivity contribution is 7.98. The quantitative estimate of drug-likeness (QED) is 0.649. The molecule has 0 heterocycles. The Labute approximate surface area is 110 Å². The van der Waals surface area contributed by atoms with E-state index in [4.69, 9.17) is 7.85 Å². The third-order valence-electron chi connectivity index (χ3n) is 3.08. The molecule has 1 aliphatic rings. The van der Waals surface area contributed by atoms with Crippen LogP contribution >= 0.6 is 11.9 Å². The summed E-state index contributed by atoms with van der Waals surface area (Å²) in [6, 6.07) is 8.99. The van der Waals surface area contributed by atoms with E-state index < -0.39 is 0 Å². The van der Waals surface area contributed by atoms with Gasteiger partial charge in [0, 0.05) is 10.8 Å². The van der Waals surface area contributed by atoms with Crippen molar-refractivity contribution in [2.24, 2.45) is 0 Å². The van der Waals surface area contributed by atoms with Crippen LogP contribution in [0.3, 0.4) is 0 Å². The van der Waals surface area contributed by atoms with Gasteiger partial charge < -0.3 is 0 Å². The minimum atomic E-state index is 0.298. The van der Waals surface area contributed by atoms with Crippen molar-refractivity contribution in [3.05, 3.63) is 29.8 Å². The van der Waals surface area contributed by atoms with Crippen LogP contribution < -0.4 is 10.2 Å². The Morgan fingerprint density at radius 3 is 2.29 bits per heavy atom. The van der Waals surface area contributed by atoms with Crippen molar-refractivity contribution in [3.63, 3.8) is 0 Å². The Kier molecular flexibility index (Phi) is 3.89. The molecule has 0 saturated heterocycles. The predicted molar refractivity (Wildman–Crippen MR) is 78.1 cm³/mol. The fraction of sp³-hybridized carbons (Fsp3) is 0.571. The average Bonchev–Trinajstić information content (AvgIpc) is 2.16. The lowest BCUT2D eigenvalue weighted by Gasteiger charge is -2.37. The van der Waals surface area contributed by atoms with Crippen molar-refractivity contribution < 1.29 is 0 Å². The Hall–Kier alpha value is -0.405. The predicted octanol–water partition coefficient (Wildman–Crippen LogP) is 2.76. The molecule has 1 aromatic rings. The number of hydrogen-bond acceptors (Lipinski definition) is 2. The molecule has 0 aromatic heterocycles. The summed E-state index contributed by atoms with van der Waals surface area (Å²) < 4.78 is 3.86. The summed E-state index contributed by atoms with van der Waals surface area (Å²) >= 11 is 1.85. The first-order valence-electron chi connectivity index (χ1n) is 6.23. The number of rotatable bonds is 3. The molecule has 1 N–H and O–H groups in total. The molecule has 0 bridgehead atoms. The molecule has 17 heavy (non-hydrogen) atoms. The molecule has 1 aliphatic carbocycles. The van der Waals surface area contributed by atoms with E-state index in [1.54, 1.807) is 0 Å². The van der Waals surface area contributed by atoms with Gasteiger partial charge in [-0.05, 0) is 45.1 Å². The maximum Gasteiger partial charge on any atom is 0.113 e. The van der Waals surface area contributed by atoms with Gasteiger partial charge in [-0.3, -0.25) is 4.72 Å². The van der Waals surface area contributed by atoms with Gasteiger partial charge in [-0.1, -0.05) is 41.7 Å². The Morgan fingerprint density at radius 2 is 1.76 bits per heavy atom. The summed E-state index contributed by atoms with van der Waals surface area (Å²) in [7, 11) is 5.69. The monoisotopic (exact) mass is 245 g/mol. The van der Waals surface area contributed by atoms with Crippen molar-refractivity contribution in [1.29, 1.82) is 0 Å². The number of hydrogen-bond donors (Lipinski definition) is 1. The smallest absolute Gasteiger partial charge is 0.113 e. The summed E-state index contributed by atoms with van der Waals surface area (Å²) in [6.07, 6.45) is 2.49. The molecule has 1 saturated carbocycles. The molecule has 2 rings (SSSR count). The van der Waals surface area contributed by atoms with Crippen LogP contribution in [-0.2, 0) is 0 Å². The summed E-state index contributed by atoms with van der Waals surface area (Å²) in [5.41, 5.74) is 2.28. The maximum atomic E-state index is 5.69. The van der Waals surface area contributed by atoms with E-state index in [0.717, 1.165) is 5.46 Å². The van der Waals surface area contributed by atoms with Gasteiger partial charge in [0.15, 0.2) is 0 Å². The number of benzene rings is 1. The van der Waals surface area contributed by atoms with Crippen LogP contribution in [0, 0.1) is 0 Å². The summed E-state index contributed by atoms with van der Waals surface area (Å²) in [5.74, 6) is 0.716. The van der Waals surface area contributed by atoms with Gasteiger partial charge in [-0.25, -0.2) is 0 Å². The standard InChI is InChI=1S/C14H20BNS/c1-14(2,3)17-16-13-8-11(9-13)10-4-6-12(15)7-5-10/h4-7,11,13,16H,8-9H2,1-3H3. The van der Waals surface area contributed by atoms with Crippen LogP contribution in [0.5, 0.6) is 0 Å². The zero-order valence-corrected chi connectivity index (χ0v) is 11.7. The van der Waals surface area contributed by atoms with Crippen molar-refractivity contribution in [1.82, 2.24) is 4.72 Å². The van der Waals surface area contributed by atoms with Gasteiger partial charge in [0.05, 0.1) is 0 Å². The Morgan fingerprint density at radius 1 is 1.18 bits per heavy atom. The fourth-order valence-electron chi connectivity index (χ4n) is 2.01. The molecule has 3 heteroatoms. The van der Waals surface area contributed by atoms with Crippen LogP contribution in [0.25, 0.3) is 0 Å². The summed E-state index contributed by atoms with van der Waals surface area (Å²) in [5, 5.41) is 0. The molecular weight excluding hydrogens is 225 g/mol. The molecular formula is C14H20BNS. The molecule has 2 radical (unpaired) electrons.